The van der Waals surface area contributed by atoms with Gasteiger partial charge >= 0.3 is 0 Å². The highest BCUT2D eigenvalue weighted by atomic mass is 16.1. The lowest BCUT2D eigenvalue weighted by atomic mass is 10.1. The monoisotopic (exact) mass is 267 g/mol. The fourth-order valence-electron chi connectivity index (χ4n) is 1.70. The highest BCUT2D eigenvalue weighted by molar-refractivity contribution is 6.04. The van der Waals surface area contributed by atoms with Crippen molar-refractivity contribution in [3.05, 3.63) is 65.2 Å². The fraction of sp³-hybridized carbons (Fsp3) is 0.0625. The van der Waals surface area contributed by atoms with Crippen molar-refractivity contribution in [1.82, 2.24) is 0 Å². The van der Waals surface area contributed by atoms with E-state index in [1.54, 1.807) is 48.5 Å². The largest absolute Gasteiger partial charge is 0.322 e. The molecule has 0 saturated carbocycles. The van der Waals surface area contributed by atoms with Crippen molar-refractivity contribution < 1.29 is 14.4 Å². The topological polar surface area (TPSA) is 63.2 Å². The summed E-state index contributed by atoms with van der Waals surface area (Å²) in [6, 6.07) is 13.0. The summed E-state index contributed by atoms with van der Waals surface area (Å²) in [7, 11) is 0. The molecule has 0 atom stereocenters. The van der Waals surface area contributed by atoms with Gasteiger partial charge in [0.25, 0.3) is 5.91 Å². The number of amides is 1. The number of ketones is 1. The molecule has 0 aromatic heterocycles. The molecular formula is C16H13NO3. The maximum absolute atomic E-state index is 12.0. The third kappa shape index (κ3) is 3.17. The predicted octanol–water partition coefficient (Wildman–Crippen LogP) is 2.95. The van der Waals surface area contributed by atoms with E-state index in [9.17, 15) is 14.4 Å². The Hall–Kier alpha value is -2.75. The molecule has 0 aliphatic carbocycles. The third-order valence-electron chi connectivity index (χ3n) is 2.86. The second-order valence-electron chi connectivity index (χ2n) is 4.33. The zero-order valence-electron chi connectivity index (χ0n) is 10.9. The second kappa shape index (κ2) is 5.93. The first kappa shape index (κ1) is 13.7. The van der Waals surface area contributed by atoms with Gasteiger partial charge in [-0.2, -0.15) is 0 Å². The third-order valence-corrected chi connectivity index (χ3v) is 2.86. The lowest BCUT2D eigenvalue weighted by molar-refractivity contribution is 0.101. The summed E-state index contributed by atoms with van der Waals surface area (Å²) in [5.41, 5.74) is 2.19. The fourth-order valence-corrected chi connectivity index (χ4v) is 1.70. The summed E-state index contributed by atoms with van der Waals surface area (Å²) in [6.07, 6.45) is 0.724. The van der Waals surface area contributed by atoms with E-state index in [2.05, 4.69) is 5.32 Å². The van der Waals surface area contributed by atoms with Crippen LogP contribution >= 0.6 is 0 Å². The van der Waals surface area contributed by atoms with Gasteiger partial charge in [0.1, 0.15) is 6.29 Å². The highest BCUT2D eigenvalue weighted by Gasteiger charge is 2.06. The van der Waals surface area contributed by atoms with Gasteiger partial charge in [0, 0.05) is 22.4 Å². The van der Waals surface area contributed by atoms with Crippen LogP contribution in [0, 0.1) is 0 Å². The van der Waals surface area contributed by atoms with Crippen molar-refractivity contribution >= 4 is 23.7 Å². The molecule has 0 radical (unpaired) electrons. The molecule has 100 valence electrons. The average molecular weight is 267 g/mol. The predicted molar refractivity (Wildman–Crippen MR) is 76.2 cm³/mol. The molecule has 2 rings (SSSR count). The smallest absolute Gasteiger partial charge is 0.255 e. The Balaban J connectivity index is 2.10. The highest BCUT2D eigenvalue weighted by Crippen LogP contribution is 2.12. The van der Waals surface area contributed by atoms with Crippen LogP contribution in [0.4, 0.5) is 5.69 Å². The Morgan fingerprint density at radius 3 is 1.95 bits per heavy atom. The van der Waals surface area contributed by atoms with E-state index in [1.165, 1.54) is 6.92 Å². The molecule has 1 N–H and O–H groups in total. The number of Topliss-reactive ketones (excluding diaryl/α,β-unsaturated/α-hetero) is 1. The number of rotatable bonds is 4. The van der Waals surface area contributed by atoms with Crippen LogP contribution in [-0.2, 0) is 0 Å². The molecule has 4 nitrogen and oxygen atoms in total. The van der Waals surface area contributed by atoms with E-state index in [-0.39, 0.29) is 11.7 Å². The minimum absolute atomic E-state index is 0.0210. The number of benzene rings is 2. The summed E-state index contributed by atoms with van der Waals surface area (Å²) < 4.78 is 0. The molecule has 1 amide bonds. The molecule has 20 heavy (non-hydrogen) atoms. The molecule has 2 aromatic carbocycles. The van der Waals surface area contributed by atoms with Crippen LogP contribution in [0.15, 0.2) is 48.5 Å². The summed E-state index contributed by atoms with van der Waals surface area (Å²) in [5.74, 6) is -0.287. The van der Waals surface area contributed by atoms with Crippen LogP contribution < -0.4 is 5.32 Å². The van der Waals surface area contributed by atoms with Gasteiger partial charge < -0.3 is 5.32 Å². The van der Waals surface area contributed by atoms with Crippen LogP contribution in [0.5, 0.6) is 0 Å². The zero-order chi connectivity index (χ0) is 14.5. The molecule has 0 spiro atoms. The molecule has 0 aliphatic rings. The Labute approximate surface area is 116 Å². The van der Waals surface area contributed by atoms with Gasteiger partial charge in [0.05, 0.1) is 0 Å². The summed E-state index contributed by atoms with van der Waals surface area (Å²) in [6.45, 7) is 1.49. The van der Waals surface area contributed by atoms with Gasteiger partial charge in [0.2, 0.25) is 0 Å². The number of hydrogen-bond donors (Lipinski definition) is 1. The van der Waals surface area contributed by atoms with Crippen molar-refractivity contribution in [2.24, 2.45) is 0 Å². The quantitative estimate of drug-likeness (QED) is 0.684. The maximum Gasteiger partial charge on any atom is 0.255 e. The number of carbonyl (C=O) groups is 3. The van der Waals surface area contributed by atoms with E-state index in [1.807, 2.05) is 0 Å². The minimum Gasteiger partial charge on any atom is -0.322 e. The van der Waals surface area contributed by atoms with E-state index >= 15 is 0 Å². The summed E-state index contributed by atoms with van der Waals surface area (Å²) in [5, 5.41) is 2.72. The number of hydrogen-bond acceptors (Lipinski definition) is 3. The Kier molecular flexibility index (Phi) is 4.05. The van der Waals surface area contributed by atoms with Crippen molar-refractivity contribution in [1.29, 1.82) is 0 Å². The molecule has 4 heteroatoms. The van der Waals surface area contributed by atoms with Crippen molar-refractivity contribution in [2.75, 3.05) is 5.32 Å². The van der Waals surface area contributed by atoms with Gasteiger partial charge in [-0.25, -0.2) is 0 Å². The van der Waals surface area contributed by atoms with Crippen LogP contribution in [0.25, 0.3) is 0 Å². The molecular weight excluding hydrogens is 254 g/mol. The summed E-state index contributed by atoms with van der Waals surface area (Å²) >= 11 is 0. The Morgan fingerprint density at radius 2 is 1.45 bits per heavy atom. The van der Waals surface area contributed by atoms with Gasteiger partial charge in [-0.3, -0.25) is 14.4 Å². The van der Waals surface area contributed by atoms with Crippen molar-refractivity contribution in [3.8, 4) is 0 Å². The van der Waals surface area contributed by atoms with E-state index < -0.39 is 0 Å². The van der Waals surface area contributed by atoms with Crippen LogP contribution in [0.3, 0.4) is 0 Å². The lowest BCUT2D eigenvalue weighted by Gasteiger charge is -2.06. The van der Waals surface area contributed by atoms with E-state index in [0.717, 1.165) is 6.29 Å². The summed E-state index contributed by atoms with van der Waals surface area (Å²) in [4.78, 5) is 33.6. The number of anilines is 1. The van der Waals surface area contributed by atoms with Gasteiger partial charge in [-0.1, -0.05) is 12.1 Å². The Bertz CT molecular complexity index is 642. The first-order valence-corrected chi connectivity index (χ1v) is 6.08. The van der Waals surface area contributed by atoms with Crippen LogP contribution in [0.1, 0.15) is 38.0 Å². The molecule has 0 fully saturated rings. The van der Waals surface area contributed by atoms with Gasteiger partial charge in [0.15, 0.2) is 5.78 Å². The van der Waals surface area contributed by atoms with Gasteiger partial charge in [-0.15, -0.1) is 0 Å². The molecule has 0 aliphatic heterocycles. The normalized spacial score (nSPS) is 9.85. The molecule has 0 bridgehead atoms. The second-order valence-corrected chi connectivity index (χ2v) is 4.33. The SMILES string of the molecule is CC(=O)c1ccc(NC(=O)c2ccc(C=O)cc2)cc1. The average Bonchev–Trinajstić information content (AvgIpc) is 2.48. The number of nitrogens with one attached hydrogen (secondary N) is 1. The van der Waals surface area contributed by atoms with Crippen LogP contribution in [-0.4, -0.2) is 18.0 Å². The minimum atomic E-state index is -0.266. The first-order chi connectivity index (χ1) is 9.60. The van der Waals surface area contributed by atoms with Gasteiger partial charge in [-0.05, 0) is 43.3 Å². The van der Waals surface area contributed by atoms with E-state index in [4.69, 9.17) is 0 Å². The standard InChI is InChI=1S/C16H13NO3/c1-11(19)13-6-8-15(9-7-13)17-16(20)14-4-2-12(10-18)3-5-14/h2-10H,1H3,(H,17,20). The zero-order valence-corrected chi connectivity index (χ0v) is 10.9. The number of aldehydes is 1. The number of carbonyl (C=O) groups excluding carboxylic acids is 3. The van der Waals surface area contributed by atoms with Crippen LogP contribution in [0.2, 0.25) is 0 Å². The molecule has 0 unspecified atom stereocenters. The Morgan fingerprint density at radius 1 is 0.900 bits per heavy atom. The van der Waals surface area contributed by atoms with E-state index in [0.29, 0.717) is 22.4 Å². The lowest BCUT2D eigenvalue weighted by Crippen LogP contribution is -2.11. The molecule has 0 heterocycles. The maximum atomic E-state index is 12.0. The van der Waals surface area contributed by atoms with Crippen molar-refractivity contribution in [2.45, 2.75) is 6.92 Å². The van der Waals surface area contributed by atoms with Crippen molar-refractivity contribution in [3.63, 3.8) is 0 Å². The molecule has 2 aromatic rings. The molecule has 0 saturated heterocycles. The first-order valence-electron chi connectivity index (χ1n) is 6.08.